The summed E-state index contributed by atoms with van der Waals surface area (Å²) in [5, 5.41) is 0. The lowest BCUT2D eigenvalue weighted by atomic mass is 9.43. The third-order valence-corrected chi connectivity index (χ3v) is 10.7. The fraction of sp³-hybridized carbons (Fsp3) is 0.800. The molecule has 1 unspecified atom stereocenters. The number of ketones is 2. The zero-order valence-corrected chi connectivity index (χ0v) is 20.4. The molecule has 0 aromatic carbocycles. The van der Waals surface area contributed by atoms with E-state index in [1.807, 2.05) is 13.8 Å². The van der Waals surface area contributed by atoms with Crippen molar-refractivity contribution in [1.82, 2.24) is 0 Å². The van der Waals surface area contributed by atoms with E-state index in [0.29, 0.717) is 32.1 Å². The molecule has 6 nitrogen and oxygen atoms in total. The van der Waals surface area contributed by atoms with Gasteiger partial charge in [0.1, 0.15) is 11.8 Å². The van der Waals surface area contributed by atoms with Crippen LogP contribution < -0.4 is 0 Å². The first kappa shape index (κ1) is 23.4. The van der Waals surface area contributed by atoms with Gasteiger partial charge in [0, 0.05) is 23.2 Å². The van der Waals surface area contributed by atoms with Crippen LogP contribution in [-0.2, 0) is 28.6 Å². The Morgan fingerprint density at radius 1 is 1.21 bits per heavy atom. The van der Waals surface area contributed by atoms with Gasteiger partial charge in [0.15, 0.2) is 12.1 Å². The summed E-state index contributed by atoms with van der Waals surface area (Å²) in [5.74, 6) is -2.05. The van der Waals surface area contributed by atoms with Crippen molar-refractivity contribution in [1.29, 1.82) is 0 Å². The molecule has 182 valence electrons. The molecule has 0 aromatic heterocycles. The topological polar surface area (TPSA) is 78.9 Å². The second kappa shape index (κ2) is 7.11. The number of esters is 1. The molecule has 33 heavy (non-hydrogen) atoms. The Morgan fingerprint density at radius 3 is 2.64 bits per heavy atom. The average molecular weight is 483 g/mol. The van der Waals surface area contributed by atoms with Crippen molar-refractivity contribution >= 4 is 29.1 Å². The standard InChI is InChI=1S/C25H32ClFO6/c1-5-31-20(30)19(29)24-11-10-23(32-14(2)33-24)17-7-6-15-12-16(28)8-9-21(15,3)25(17,26)18(27)13-22(23,24)4/h12,14,17-18H,5-11,13H2,1-4H3/t14?,17-,18-,21-,22-,23+,24+,25-/m0/s1. The van der Waals surface area contributed by atoms with E-state index in [0.717, 1.165) is 5.57 Å². The molecule has 3 saturated carbocycles. The molecule has 0 amide bonds. The van der Waals surface area contributed by atoms with Crippen LogP contribution in [0.25, 0.3) is 0 Å². The van der Waals surface area contributed by atoms with Gasteiger partial charge in [0.05, 0.1) is 17.1 Å². The van der Waals surface area contributed by atoms with Crippen LogP contribution in [0.4, 0.5) is 4.39 Å². The number of fused-ring (bicyclic) bond motifs is 3. The number of alkyl halides is 2. The average Bonchev–Trinajstić information content (AvgIpc) is 2.88. The van der Waals surface area contributed by atoms with Gasteiger partial charge < -0.3 is 14.2 Å². The van der Waals surface area contributed by atoms with Crippen LogP contribution in [0.2, 0.25) is 0 Å². The number of hydrogen-bond acceptors (Lipinski definition) is 6. The minimum Gasteiger partial charge on any atom is -0.460 e. The Morgan fingerprint density at radius 2 is 1.94 bits per heavy atom. The Hall–Kier alpha value is -1.31. The summed E-state index contributed by atoms with van der Waals surface area (Å²) in [6.45, 7) is 7.22. The van der Waals surface area contributed by atoms with Gasteiger partial charge in [-0.15, -0.1) is 11.6 Å². The quantitative estimate of drug-likeness (QED) is 0.340. The number of hydrogen-bond donors (Lipinski definition) is 0. The van der Waals surface area contributed by atoms with Crippen molar-refractivity contribution in [2.75, 3.05) is 6.61 Å². The van der Waals surface area contributed by atoms with E-state index in [4.69, 9.17) is 25.8 Å². The summed E-state index contributed by atoms with van der Waals surface area (Å²) >= 11 is 7.42. The van der Waals surface area contributed by atoms with Crippen LogP contribution >= 0.6 is 11.6 Å². The van der Waals surface area contributed by atoms with Gasteiger partial charge in [0.2, 0.25) is 0 Å². The summed E-state index contributed by atoms with van der Waals surface area (Å²) in [5.41, 5.74) is -3.30. The Balaban J connectivity index is 1.66. The molecule has 5 rings (SSSR count). The van der Waals surface area contributed by atoms with E-state index >= 15 is 4.39 Å². The Labute approximate surface area is 198 Å². The van der Waals surface area contributed by atoms with E-state index in [1.165, 1.54) is 0 Å². The normalized spacial score (nSPS) is 50.5. The first-order valence-corrected chi connectivity index (χ1v) is 12.4. The molecule has 8 atom stereocenters. The van der Waals surface area contributed by atoms with E-state index in [1.54, 1.807) is 19.9 Å². The largest absolute Gasteiger partial charge is 0.460 e. The van der Waals surface area contributed by atoms with Crippen molar-refractivity contribution in [2.24, 2.45) is 16.7 Å². The van der Waals surface area contributed by atoms with Crippen LogP contribution in [0.15, 0.2) is 11.6 Å². The minimum atomic E-state index is -1.51. The molecule has 4 fully saturated rings. The smallest absolute Gasteiger partial charge is 0.377 e. The molecule has 0 N–H and O–H groups in total. The second-order valence-electron chi connectivity index (χ2n) is 10.9. The van der Waals surface area contributed by atoms with Gasteiger partial charge in [-0.2, -0.15) is 0 Å². The maximum atomic E-state index is 16.5. The van der Waals surface area contributed by atoms with Crippen molar-refractivity contribution < 1.29 is 33.0 Å². The molecular weight excluding hydrogens is 451 g/mol. The molecule has 8 heteroatoms. The highest BCUT2D eigenvalue weighted by molar-refractivity contribution is 6.37. The molecule has 2 bridgehead atoms. The monoisotopic (exact) mass is 482 g/mol. The summed E-state index contributed by atoms with van der Waals surface area (Å²) in [4.78, 5) is 36.9. The molecular formula is C25H32ClFO6. The molecule has 5 aliphatic rings. The van der Waals surface area contributed by atoms with Crippen LogP contribution in [0.3, 0.4) is 0 Å². The van der Waals surface area contributed by atoms with Crippen molar-refractivity contribution in [3.8, 4) is 0 Å². The predicted molar refractivity (Wildman–Crippen MR) is 117 cm³/mol. The summed E-state index contributed by atoms with van der Waals surface area (Å²) in [6.07, 6.45) is 2.06. The summed E-state index contributed by atoms with van der Waals surface area (Å²) in [6, 6.07) is 0. The number of Topliss-reactive ketones (excluding diaryl/α,β-unsaturated/α-hetero) is 1. The molecule has 0 radical (unpaired) electrons. The van der Waals surface area contributed by atoms with E-state index in [-0.39, 0.29) is 25.2 Å². The molecule has 1 aliphatic heterocycles. The van der Waals surface area contributed by atoms with E-state index < -0.39 is 57.0 Å². The summed E-state index contributed by atoms with van der Waals surface area (Å²) < 4.78 is 34.2. The molecule has 4 aliphatic carbocycles. The fourth-order valence-corrected chi connectivity index (χ4v) is 8.86. The zero-order valence-electron chi connectivity index (χ0n) is 19.7. The third-order valence-electron chi connectivity index (χ3n) is 9.82. The van der Waals surface area contributed by atoms with Crippen LogP contribution in [-0.4, -0.2) is 52.7 Å². The number of halogens is 2. The van der Waals surface area contributed by atoms with Gasteiger partial charge >= 0.3 is 5.97 Å². The number of ether oxygens (including phenoxy) is 3. The second-order valence-corrected chi connectivity index (χ2v) is 11.5. The highest BCUT2D eigenvalue weighted by Gasteiger charge is 2.83. The van der Waals surface area contributed by atoms with Crippen molar-refractivity contribution in [2.45, 2.75) is 101 Å². The van der Waals surface area contributed by atoms with Crippen LogP contribution in [0.5, 0.6) is 0 Å². The first-order chi connectivity index (χ1) is 15.4. The van der Waals surface area contributed by atoms with Gasteiger partial charge in [-0.3, -0.25) is 9.59 Å². The van der Waals surface area contributed by atoms with E-state index in [2.05, 4.69) is 0 Å². The van der Waals surface area contributed by atoms with Gasteiger partial charge in [-0.1, -0.05) is 19.4 Å². The predicted octanol–water partition coefficient (Wildman–Crippen LogP) is 4.21. The summed E-state index contributed by atoms with van der Waals surface area (Å²) in [7, 11) is 0. The zero-order chi connectivity index (χ0) is 24.0. The van der Waals surface area contributed by atoms with Crippen molar-refractivity contribution in [3.05, 3.63) is 11.6 Å². The Bertz CT molecular complexity index is 967. The molecule has 0 spiro atoms. The SMILES string of the molecule is CCOC(=O)C(=O)[C@@]12CC[C@@]3(OC(C)O1)[C@@H]1CCC4=CC(=O)CC[C@]4(C)[C@@]1(Cl)[C@@H](F)C[C@]23C. The fourth-order valence-electron chi connectivity index (χ4n) is 8.28. The third kappa shape index (κ3) is 2.54. The van der Waals surface area contributed by atoms with Crippen LogP contribution in [0, 0.1) is 16.7 Å². The highest BCUT2D eigenvalue weighted by atomic mass is 35.5. The lowest BCUT2D eigenvalue weighted by Crippen LogP contribution is -2.78. The van der Waals surface area contributed by atoms with Gasteiger partial charge in [0.25, 0.3) is 5.78 Å². The number of rotatable bonds is 3. The number of allylic oxidation sites excluding steroid dienone is 1. The molecule has 1 heterocycles. The van der Waals surface area contributed by atoms with Gasteiger partial charge in [-0.05, 0) is 58.4 Å². The number of carbonyl (C=O) groups is 3. The maximum absolute atomic E-state index is 16.5. The van der Waals surface area contributed by atoms with Crippen LogP contribution in [0.1, 0.15) is 72.6 Å². The number of carbonyl (C=O) groups excluding carboxylic acids is 3. The highest BCUT2D eigenvalue weighted by Crippen LogP contribution is 2.76. The van der Waals surface area contributed by atoms with Crippen molar-refractivity contribution in [3.63, 3.8) is 0 Å². The molecule has 1 saturated heterocycles. The Kier molecular flexibility index (Phi) is 5.05. The minimum absolute atomic E-state index is 0.0614. The first-order valence-electron chi connectivity index (χ1n) is 12.1. The van der Waals surface area contributed by atoms with Gasteiger partial charge in [-0.25, -0.2) is 9.18 Å². The van der Waals surface area contributed by atoms with E-state index in [9.17, 15) is 14.4 Å². The lowest BCUT2D eigenvalue weighted by molar-refractivity contribution is -0.366. The molecule has 0 aromatic rings. The maximum Gasteiger partial charge on any atom is 0.377 e. The lowest BCUT2D eigenvalue weighted by Gasteiger charge is -2.69.